The minimum absolute atomic E-state index is 0.121. The number of methoxy groups -OCH3 is 1. The number of aryl methyl sites for hydroxylation is 2. The Bertz CT molecular complexity index is 501. The van der Waals surface area contributed by atoms with E-state index in [4.69, 9.17) is 4.74 Å². The molecule has 1 fully saturated rings. The second-order valence-electron chi connectivity index (χ2n) is 5.38. The van der Waals surface area contributed by atoms with Gasteiger partial charge in [0, 0.05) is 13.1 Å². The first-order chi connectivity index (χ1) is 10.1. The first-order valence-corrected chi connectivity index (χ1v) is 8.47. The molecule has 1 atom stereocenters. The number of likely N-dealkylation sites (tertiary alicyclic amines) is 1. The third-order valence-electron chi connectivity index (χ3n) is 4.13. The molecule has 1 aromatic heterocycles. The molecule has 118 valence electrons. The van der Waals surface area contributed by atoms with Crippen LogP contribution in [0.15, 0.2) is 4.47 Å². The van der Waals surface area contributed by atoms with Crippen LogP contribution in [0.1, 0.15) is 44.5 Å². The maximum atomic E-state index is 12.0. The topological polar surface area (TPSA) is 47.4 Å². The van der Waals surface area contributed by atoms with Gasteiger partial charge in [-0.25, -0.2) is 0 Å². The Balaban J connectivity index is 2.22. The lowest BCUT2D eigenvalue weighted by atomic mass is 10.0. The van der Waals surface area contributed by atoms with Gasteiger partial charge in [0.25, 0.3) is 0 Å². The van der Waals surface area contributed by atoms with Crippen LogP contribution in [0.5, 0.6) is 0 Å². The summed E-state index contributed by atoms with van der Waals surface area (Å²) in [6, 6.07) is -0.124. The monoisotopic (exact) mass is 357 g/mol. The summed E-state index contributed by atoms with van der Waals surface area (Å²) in [4.78, 5) is 14.2. The van der Waals surface area contributed by atoms with Crippen molar-refractivity contribution in [3.05, 3.63) is 15.9 Å². The van der Waals surface area contributed by atoms with Crippen LogP contribution < -0.4 is 0 Å². The molecule has 0 N–H and O–H groups in total. The van der Waals surface area contributed by atoms with Crippen molar-refractivity contribution >= 4 is 21.9 Å². The van der Waals surface area contributed by atoms with Gasteiger partial charge in [-0.15, -0.1) is 0 Å². The third-order valence-corrected chi connectivity index (χ3v) is 5.05. The predicted molar refractivity (Wildman–Crippen MR) is 85.0 cm³/mol. The van der Waals surface area contributed by atoms with Crippen molar-refractivity contribution < 1.29 is 9.53 Å². The fourth-order valence-corrected chi connectivity index (χ4v) is 3.63. The molecule has 0 radical (unpaired) electrons. The zero-order valence-corrected chi connectivity index (χ0v) is 14.6. The summed E-state index contributed by atoms with van der Waals surface area (Å²) in [6.07, 6.45) is 4.00. The number of hydrogen-bond donors (Lipinski definition) is 0. The van der Waals surface area contributed by atoms with Crippen LogP contribution >= 0.6 is 15.9 Å². The van der Waals surface area contributed by atoms with E-state index in [9.17, 15) is 4.79 Å². The molecule has 0 aromatic carbocycles. The molecule has 0 bridgehead atoms. The van der Waals surface area contributed by atoms with E-state index < -0.39 is 0 Å². The molecular weight excluding hydrogens is 334 g/mol. The van der Waals surface area contributed by atoms with Crippen LogP contribution in [0, 0.1) is 0 Å². The second kappa shape index (κ2) is 7.40. The minimum Gasteiger partial charge on any atom is -0.468 e. The van der Waals surface area contributed by atoms with Gasteiger partial charge in [-0.1, -0.05) is 13.3 Å². The van der Waals surface area contributed by atoms with Crippen LogP contribution in [0.2, 0.25) is 0 Å². The average molecular weight is 358 g/mol. The van der Waals surface area contributed by atoms with E-state index in [-0.39, 0.29) is 12.0 Å². The number of rotatable bonds is 5. The molecule has 0 unspecified atom stereocenters. The van der Waals surface area contributed by atoms with E-state index in [1.807, 2.05) is 4.68 Å². The summed E-state index contributed by atoms with van der Waals surface area (Å²) in [6.45, 7) is 6.71. The molecule has 6 heteroatoms. The number of esters is 1. The Morgan fingerprint density at radius 3 is 2.81 bits per heavy atom. The Morgan fingerprint density at radius 2 is 2.19 bits per heavy atom. The first-order valence-electron chi connectivity index (χ1n) is 7.68. The van der Waals surface area contributed by atoms with Crippen molar-refractivity contribution in [2.24, 2.45) is 0 Å². The van der Waals surface area contributed by atoms with E-state index in [1.165, 1.54) is 7.11 Å². The maximum absolute atomic E-state index is 12.0. The highest BCUT2D eigenvalue weighted by molar-refractivity contribution is 9.10. The summed E-state index contributed by atoms with van der Waals surface area (Å²) >= 11 is 3.68. The zero-order valence-electron chi connectivity index (χ0n) is 13.1. The Kier molecular flexibility index (Phi) is 5.81. The number of ether oxygens (including phenoxy) is 1. The Morgan fingerprint density at radius 1 is 1.43 bits per heavy atom. The standard InChI is InChI=1S/C15H24BrN3O2/c1-4-11-14(16)13(19(5-2)17-11)10-18-9-7-6-8-12(18)15(20)21-3/h12H,4-10H2,1-3H3/t12-/m1/s1. The van der Waals surface area contributed by atoms with E-state index >= 15 is 0 Å². The normalized spacial score (nSPS) is 19.7. The fourth-order valence-electron chi connectivity index (χ4n) is 2.94. The summed E-state index contributed by atoms with van der Waals surface area (Å²) in [5.74, 6) is -0.121. The lowest BCUT2D eigenvalue weighted by Gasteiger charge is -2.33. The Hall–Kier alpha value is -0.880. The molecule has 1 aliphatic heterocycles. The number of halogens is 1. The molecule has 0 aliphatic carbocycles. The molecular formula is C15H24BrN3O2. The molecule has 1 aliphatic rings. The van der Waals surface area contributed by atoms with Gasteiger partial charge >= 0.3 is 5.97 Å². The summed E-state index contributed by atoms with van der Waals surface area (Å²) in [5.41, 5.74) is 2.24. The number of carbonyl (C=O) groups is 1. The highest BCUT2D eigenvalue weighted by atomic mass is 79.9. The van der Waals surface area contributed by atoms with Gasteiger partial charge in [0.15, 0.2) is 0 Å². The number of hydrogen-bond acceptors (Lipinski definition) is 4. The number of nitrogens with zero attached hydrogens (tertiary/aromatic N) is 3. The molecule has 1 saturated heterocycles. The van der Waals surface area contributed by atoms with Gasteiger partial charge in [0.05, 0.1) is 23.0 Å². The van der Waals surface area contributed by atoms with E-state index in [1.54, 1.807) is 0 Å². The Labute approximate surface area is 134 Å². The van der Waals surface area contributed by atoms with Crippen molar-refractivity contribution in [1.29, 1.82) is 0 Å². The van der Waals surface area contributed by atoms with Crippen molar-refractivity contribution in [3.8, 4) is 0 Å². The number of piperidine rings is 1. The van der Waals surface area contributed by atoms with Crippen molar-refractivity contribution in [1.82, 2.24) is 14.7 Å². The largest absolute Gasteiger partial charge is 0.468 e. The molecule has 0 amide bonds. The summed E-state index contributed by atoms with van der Waals surface area (Å²) in [5, 5.41) is 4.63. The summed E-state index contributed by atoms with van der Waals surface area (Å²) < 4.78 is 8.07. The fraction of sp³-hybridized carbons (Fsp3) is 0.733. The van der Waals surface area contributed by atoms with Crippen molar-refractivity contribution in [2.45, 2.75) is 58.7 Å². The van der Waals surface area contributed by atoms with Crippen LogP contribution in [-0.4, -0.2) is 40.3 Å². The predicted octanol–water partition coefficient (Wildman–Crippen LogP) is 2.76. The molecule has 1 aromatic rings. The first kappa shape index (κ1) is 16.5. The molecule has 21 heavy (non-hydrogen) atoms. The minimum atomic E-state index is -0.124. The van der Waals surface area contributed by atoms with Crippen molar-refractivity contribution in [2.75, 3.05) is 13.7 Å². The van der Waals surface area contributed by atoms with E-state index in [2.05, 4.69) is 39.8 Å². The van der Waals surface area contributed by atoms with Crippen LogP contribution in [-0.2, 0) is 29.0 Å². The second-order valence-corrected chi connectivity index (χ2v) is 6.17. The number of aromatic nitrogens is 2. The van der Waals surface area contributed by atoms with Gasteiger partial charge in [-0.05, 0) is 48.7 Å². The quantitative estimate of drug-likeness (QED) is 0.760. The summed E-state index contributed by atoms with van der Waals surface area (Å²) in [7, 11) is 1.47. The molecule has 2 rings (SSSR count). The lowest BCUT2D eigenvalue weighted by Crippen LogP contribution is -2.45. The highest BCUT2D eigenvalue weighted by Gasteiger charge is 2.31. The molecule has 0 spiro atoms. The zero-order chi connectivity index (χ0) is 15.4. The molecule has 0 saturated carbocycles. The average Bonchev–Trinajstić information content (AvgIpc) is 2.83. The molecule has 2 heterocycles. The van der Waals surface area contributed by atoms with Gasteiger partial charge in [-0.2, -0.15) is 5.10 Å². The van der Waals surface area contributed by atoms with Gasteiger partial charge in [-0.3, -0.25) is 14.4 Å². The SMILES string of the molecule is CCc1nn(CC)c(CN2CCCC[C@@H]2C(=O)OC)c1Br. The van der Waals surface area contributed by atoms with Crippen LogP contribution in [0.4, 0.5) is 0 Å². The van der Waals surface area contributed by atoms with E-state index in [0.29, 0.717) is 0 Å². The molecule has 5 nitrogen and oxygen atoms in total. The highest BCUT2D eigenvalue weighted by Crippen LogP contribution is 2.27. The van der Waals surface area contributed by atoms with Crippen LogP contribution in [0.25, 0.3) is 0 Å². The maximum Gasteiger partial charge on any atom is 0.323 e. The van der Waals surface area contributed by atoms with Gasteiger partial charge in [0.2, 0.25) is 0 Å². The third kappa shape index (κ3) is 3.48. The van der Waals surface area contributed by atoms with Gasteiger partial charge < -0.3 is 4.74 Å². The number of carbonyl (C=O) groups excluding carboxylic acids is 1. The lowest BCUT2D eigenvalue weighted by molar-refractivity contribution is -0.148. The van der Waals surface area contributed by atoms with E-state index in [0.717, 1.165) is 61.2 Å². The van der Waals surface area contributed by atoms with Gasteiger partial charge in [0.1, 0.15) is 6.04 Å². The van der Waals surface area contributed by atoms with Crippen LogP contribution in [0.3, 0.4) is 0 Å². The van der Waals surface area contributed by atoms with Crippen molar-refractivity contribution in [3.63, 3.8) is 0 Å². The smallest absolute Gasteiger partial charge is 0.323 e.